The number of furan rings is 1. The molecule has 2 aromatic rings. The Morgan fingerprint density at radius 2 is 2.04 bits per heavy atom. The van der Waals surface area contributed by atoms with Gasteiger partial charge in [0.25, 0.3) is 5.91 Å². The lowest BCUT2D eigenvalue weighted by atomic mass is 9.92. The van der Waals surface area contributed by atoms with Crippen LogP contribution in [0.15, 0.2) is 33.4 Å². The molecule has 2 fully saturated rings. The summed E-state index contributed by atoms with van der Waals surface area (Å²) in [5, 5.41) is 3.86. The fourth-order valence-electron chi connectivity index (χ4n) is 4.03. The summed E-state index contributed by atoms with van der Waals surface area (Å²) in [4.78, 5) is 42.8. The van der Waals surface area contributed by atoms with Crippen LogP contribution in [0.2, 0.25) is 0 Å². The third-order valence-electron chi connectivity index (χ3n) is 5.39. The van der Waals surface area contributed by atoms with E-state index in [1.165, 1.54) is 18.3 Å². The summed E-state index contributed by atoms with van der Waals surface area (Å²) >= 11 is 1.53. The molecule has 0 bridgehead atoms. The van der Waals surface area contributed by atoms with Crippen LogP contribution < -0.4 is 4.90 Å². The molecule has 1 spiro atoms. The molecule has 0 saturated carbocycles. The summed E-state index contributed by atoms with van der Waals surface area (Å²) in [5.74, 6) is 0.574. The molecule has 1 unspecified atom stereocenters. The molecular formula is C19H21N3O4S. The summed E-state index contributed by atoms with van der Waals surface area (Å²) in [6.45, 7) is 4.62. The lowest BCUT2D eigenvalue weighted by molar-refractivity contribution is -0.142. The van der Waals surface area contributed by atoms with E-state index in [0.717, 1.165) is 5.69 Å². The fourth-order valence-corrected chi connectivity index (χ4v) is 4.67. The van der Waals surface area contributed by atoms with Crippen molar-refractivity contribution in [2.24, 2.45) is 0 Å². The predicted molar refractivity (Wildman–Crippen MR) is 101 cm³/mol. The van der Waals surface area contributed by atoms with Gasteiger partial charge in [-0.05, 0) is 36.9 Å². The Morgan fingerprint density at radius 3 is 2.67 bits per heavy atom. The zero-order chi connectivity index (χ0) is 19.2. The molecular weight excluding hydrogens is 366 g/mol. The number of nitrogens with zero attached hydrogens (tertiary/aromatic N) is 3. The molecule has 2 aliphatic rings. The van der Waals surface area contributed by atoms with E-state index in [1.54, 1.807) is 33.8 Å². The minimum Gasteiger partial charge on any atom is -0.456 e. The standard InChI is InChI=1S/C19H21N3O4S/c1-13-3-4-16(26-13)18(25)20-7-6-19(11-20)12-21(15-5-8-27-10-15)17(24)9-22(19)14(2)23/h3-5,8,10H,6-7,9,11-12H2,1-2H3. The Morgan fingerprint density at radius 1 is 1.22 bits per heavy atom. The smallest absolute Gasteiger partial charge is 0.289 e. The van der Waals surface area contributed by atoms with Crippen molar-refractivity contribution < 1.29 is 18.8 Å². The quantitative estimate of drug-likeness (QED) is 0.791. The van der Waals surface area contributed by atoms with Gasteiger partial charge in [-0.1, -0.05) is 0 Å². The molecule has 8 heteroatoms. The van der Waals surface area contributed by atoms with E-state index in [9.17, 15) is 14.4 Å². The molecule has 142 valence electrons. The zero-order valence-corrected chi connectivity index (χ0v) is 16.1. The van der Waals surface area contributed by atoms with Gasteiger partial charge in [-0.15, -0.1) is 0 Å². The van der Waals surface area contributed by atoms with Crippen molar-refractivity contribution in [2.75, 3.05) is 31.1 Å². The van der Waals surface area contributed by atoms with Crippen molar-refractivity contribution in [1.29, 1.82) is 0 Å². The van der Waals surface area contributed by atoms with Crippen molar-refractivity contribution in [2.45, 2.75) is 25.8 Å². The molecule has 2 aromatic heterocycles. The number of amides is 3. The molecule has 2 saturated heterocycles. The van der Waals surface area contributed by atoms with Crippen LogP contribution in [-0.2, 0) is 9.59 Å². The third-order valence-corrected chi connectivity index (χ3v) is 6.06. The van der Waals surface area contributed by atoms with Gasteiger partial charge in [0.2, 0.25) is 11.8 Å². The molecule has 0 N–H and O–H groups in total. The van der Waals surface area contributed by atoms with E-state index in [-0.39, 0.29) is 24.3 Å². The number of piperazine rings is 1. The Labute approximate surface area is 161 Å². The Balaban J connectivity index is 1.61. The van der Waals surface area contributed by atoms with Crippen LogP contribution in [0.1, 0.15) is 29.7 Å². The van der Waals surface area contributed by atoms with Gasteiger partial charge in [0.05, 0.1) is 17.8 Å². The van der Waals surface area contributed by atoms with Crippen LogP contribution in [0.25, 0.3) is 0 Å². The summed E-state index contributed by atoms with van der Waals surface area (Å²) in [6.07, 6.45) is 0.631. The van der Waals surface area contributed by atoms with Crippen molar-refractivity contribution in [3.05, 3.63) is 40.5 Å². The van der Waals surface area contributed by atoms with Gasteiger partial charge in [0.1, 0.15) is 12.3 Å². The fraction of sp³-hybridized carbons (Fsp3) is 0.421. The Hall–Kier alpha value is -2.61. The number of hydrogen-bond donors (Lipinski definition) is 0. The summed E-state index contributed by atoms with van der Waals surface area (Å²) < 4.78 is 5.47. The van der Waals surface area contributed by atoms with E-state index >= 15 is 0 Å². The molecule has 4 rings (SSSR count). The number of anilines is 1. The number of carbonyl (C=O) groups excluding carboxylic acids is 3. The van der Waals surface area contributed by atoms with Crippen LogP contribution >= 0.6 is 11.3 Å². The zero-order valence-electron chi connectivity index (χ0n) is 15.3. The van der Waals surface area contributed by atoms with E-state index in [1.807, 2.05) is 16.8 Å². The second-order valence-electron chi connectivity index (χ2n) is 7.18. The number of aryl methyl sites for hydroxylation is 1. The lowest BCUT2D eigenvalue weighted by Crippen LogP contribution is -2.67. The number of thiophene rings is 1. The van der Waals surface area contributed by atoms with Crippen LogP contribution in [0, 0.1) is 6.92 Å². The highest BCUT2D eigenvalue weighted by atomic mass is 32.1. The van der Waals surface area contributed by atoms with Gasteiger partial charge < -0.3 is 19.1 Å². The number of rotatable bonds is 2. The SMILES string of the molecule is CC(=O)N1CC(=O)N(c2ccsc2)CC12CCN(C(=O)c1ccc(C)o1)C2. The summed E-state index contributed by atoms with van der Waals surface area (Å²) in [6, 6.07) is 5.34. The molecule has 1 atom stereocenters. The van der Waals surface area contributed by atoms with Crippen LogP contribution in [0.4, 0.5) is 5.69 Å². The highest BCUT2D eigenvalue weighted by molar-refractivity contribution is 7.08. The second-order valence-corrected chi connectivity index (χ2v) is 7.96. The third kappa shape index (κ3) is 3.03. The Kier molecular flexibility index (Phi) is 4.30. The normalized spacial score (nSPS) is 22.7. The average molecular weight is 387 g/mol. The number of likely N-dealkylation sites (tertiary alicyclic amines) is 1. The molecule has 4 heterocycles. The lowest BCUT2D eigenvalue weighted by Gasteiger charge is -2.47. The van der Waals surface area contributed by atoms with Crippen LogP contribution in [-0.4, -0.2) is 59.2 Å². The number of hydrogen-bond acceptors (Lipinski definition) is 5. The van der Waals surface area contributed by atoms with Gasteiger partial charge in [0, 0.05) is 25.4 Å². The first-order valence-corrected chi connectivity index (χ1v) is 9.80. The van der Waals surface area contributed by atoms with E-state index < -0.39 is 5.54 Å². The highest BCUT2D eigenvalue weighted by Crippen LogP contribution is 2.35. The molecule has 27 heavy (non-hydrogen) atoms. The molecule has 2 aliphatic heterocycles. The van der Waals surface area contributed by atoms with E-state index in [4.69, 9.17) is 4.42 Å². The molecule has 0 radical (unpaired) electrons. The van der Waals surface area contributed by atoms with Crippen molar-refractivity contribution in [3.63, 3.8) is 0 Å². The van der Waals surface area contributed by atoms with Gasteiger partial charge in [-0.25, -0.2) is 0 Å². The molecule has 7 nitrogen and oxygen atoms in total. The summed E-state index contributed by atoms with van der Waals surface area (Å²) in [5.41, 5.74) is 0.276. The van der Waals surface area contributed by atoms with E-state index in [0.29, 0.717) is 37.6 Å². The summed E-state index contributed by atoms with van der Waals surface area (Å²) in [7, 11) is 0. The maximum Gasteiger partial charge on any atom is 0.289 e. The first-order chi connectivity index (χ1) is 12.9. The minimum absolute atomic E-state index is 0.0348. The van der Waals surface area contributed by atoms with Gasteiger partial charge in [-0.3, -0.25) is 14.4 Å². The van der Waals surface area contributed by atoms with E-state index in [2.05, 4.69) is 0 Å². The predicted octanol–water partition coefficient (Wildman–Crippen LogP) is 2.13. The topological polar surface area (TPSA) is 74.1 Å². The van der Waals surface area contributed by atoms with Gasteiger partial charge >= 0.3 is 0 Å². The second kappa shape index (κ2) is 6.53. The molecule has 3 amide bonds. The highest BCUT2D eigenvalue weighted by Gasteiger charge is 2.51. The van der Waals surface area contributed by atoms with Gasteiger partial charge in [-0.2, -0.15) is 11.3 Å². The maximum absolute atomic E-state index is 12.8. The largest absolute Gasteiger partial charge is 0.456 e. The van der Waals surface area contributed by atoms with Gasteiger partial charge in [0.15, 0.2) is 5.76 Å². The van der Waals surface area contributed by atoms with Crippen LogP contribution in [0.3, 0.4) is 0 Å². The minimum atomic E-state index is -0.570. The maximum atomic E-state index is 12.8. The monoisotopic (exact) mass is 387 g/mol. The number of carbonyl (C=O) groups is 3. The van der Waals surface area contributed by atoms with Crippen molar-refractivity contribution in [3.8, 4) is 0 Å². The van der Waals surface area contributed by atoms with Crippen molar-refractivity contribution in [1.82, 2.24) is 9.80 Å². The van der Waals surface area contributed by atoms with Crippen LogP contribution in [0.5, 0.6) is 0 Å². The average Bonchev–Trinajstić information content (AvgIpc) is 3.37. The van der Waals surface area contributed by atoms with Crippen molar-refractivity contribution >= 4 is 34.7 Å². The first kappa shape index (κ1) is 17.8. The first-order valence-electron chi connectivity index (χ1n) is 8.86. The molecule has 0 aliphatic carbocycles. The Bertz CT molecular complexity index is 891. The molecule has 0 aromatic carbocycles.